The predicted octanol–water partition coefficient (Wildman–Crippen LogP) is 4.42. The molecule has 1 unspecified atom stereocenters. The maximum Gasteiger partial charge on any atom is 0.258 e. The molecule has 2 N–H and O–H groups in total. The molecule has 4 rings (SSSR count). The molecule has 142 valence electrons. The van der Waals surface area contributed by atoms with Gasteiger partial charge in [-0.2, -0.15) is 0 Å². The van der Waals surface area contributed by atoms with Crippen LogP contribution in [0.25, 0.3) is 10.9 Å². The lowest BCUT2D eigenvalue weighted by molar-refractivity contribution is -0.117. The highest BCUT2D eigenvalue weighted by atomic mass is 35.5. The fraction of sp³-hybridized carbons (Fsp3) is 0.150. The minimum atomic E-state index is -0.431. The molecule has 2 amide bonds. The molecule has 0 aliphatic carbocycles. The summed E-state index contributed by atoms with van der Waals surface area (Å²) in [5.41, 5.74) is 5.09. The van der Waals surface area contributed by atoms with E-state index in [2.05, 4.69) is 15.7 Å². The van der Waals surface area contributed by atoms with Crippen molar-refractivity contribution in [3.05, 3.63) is 64.3 Å². The molecule has 1 saturated heterocycles. The Morgan fingerprint density at radius 3 is 2.57 bits per heavy atom. The second-order valence-corrected chi connectivity index (χ2v) is 7.36. The van der Waals surface area contributed by atoms with E-state index in [9.17, 15) is 9.59 Å². The third-order valence-electron chi connectivity index (χ3n) is 4.51. The number of nitrogens with zero attached hydrogens (tertiary/aromatic N) is 2. The second kappa shape index (κ2) is 7.39. The van der Waals surface area contributed by atoms with Crippen molar-refractivity contribution < 1.29 is 9.59 Å². The topological polar surface area (TPSA) is 74.3 Å². The Hall–Kier alpha value is -2.67. The van der Waals surface area contributed by atoms with Gasteiger partial charge in [0, 0.05) is 24.0 Å². The number of rotatable bonds is 3. The summed E-state index contributed by atoms with van der Waals surface area (Å²) in [6, 6.07) is 12.1. The summed E-state index contributed by atoms with van der Waals surface area (Å²) in [5, 5.41) is 5.62. The van der Waals surface area contributed by atoms with Gasteiger partial charge in [-0.25, -0.2) is 10.4 Å². The zero-order valence-electron chi connectivity index (χ0n) is 14.9. The first-order valence-corrected chi connectivity index (χ1v) is 9.43. The van der Waals surface area contributed by atoms with Gasteiger partial charge in [-0.05, 0) is 31.2 Å². The molecule has 28 heavy (non-hydrogen) atoms. The highest BCUT2D eigenvalue weighted by Gasteiger charge is 2.28. The summed E-state index contributed by atoms with van der Waals surface area (Å²) >= 11 is 12.3. The van der Waals surface area contributed by atoms with Crippen molar-refractivity contribution in [1.82, 2.24) is 10.4 Å². The van der Waals surface area contributed by atoms with Gasteiger partial charge in [-0.15, -0.1) is 0 Å². The Kier molecular flexibility index (Phi) is 4.93. The maximum atomic E-state index is 12.8. The SMILES string of the molecule is CC1CC(=O)N(c2ccnc3c(NC(=O)c4c(Cl)cccc4Cl)cccc23)N1. The number of carbonyl (C=O) groups is 2. The maximum absolute atomic E-state index is 12.8. The van der Waals surface area contributed by atoms with E-state index in [1.807, 2.05) is 13.0 Å². The van der Waals surface area contributed by atoms with Crippen molar-refractivity contribution in [2.75, 3.05) is 10.3 Å². The van der Waals surface area contributed by atoms with Crippen LogP contribution in [-0.4, -0.2) is 22.8 Å². The molecule has 6 nitrogen and oxygen atoms in total. The van der Waals surface area contributed by atoms with Crippen LogP contribution in [0.4, 0.5) is 11.4 Å². The van der Waals surface area contributed by atoms with E-state index in [0.717, 1.165) is 5.39 Å². The molecule has 0 spiro atoms. The fourth-order valence-corrected chi connectivity index (χ4v) is 3.82. The summed E-state index contributed by atoms with van der Waals surface area (Å²) in [6.07, 6.45) is 2.03. The largest absolute Gasteiger partial charge is 0.320 e. The Balaban J connectivity index is 1.74. The van der Waals surface area contributed by atoms with Crippen LogP contribution in [-0.2, 0) is 4.79 Å². The minimum absolute atomic E-state index is 0.0164. The lowest BCUT2D eigenvalue weighted by Gasteiger charge is -2.19. The van der Waals surface area contributed by atoms with Crippen LogP contribution in [0.15, 0.2) is 48.7 Å². The quantitative estimate of drug-likeness (QED) is 0.664. The van der Waals surface area contributed by atoms with E-state index in [4.69, 9.17) is 23.2 Å². The highest BCUT2D eigenvalue weighted by Crippen LogP contribution is 2.32. The number of nitrogens with one attached hydrogen (secondary N) is 2. The first-order chi connectivity index (χ1) is 13.5. The molecule has 0 bridgehead atoms. The summed E-state index contributed by atoms with van der Waals surface area (Å²) in [4.78, 5) is 29.4. The lowest BCUT2D eigenvalue weighted by Crippen LogP contribution is -2.36. The Bertz CT molecular complexity index is 1080. The first kappa shape index (κ1) is 18.7. The smallest absolute Gasteiger partial charge is 0.258 e. The number of hydrogen-bond acceptors (Lipinski definition) is 4. The van der Waals surface area contributed by atoms with Crippen molar-refractivity contribution in [1.29, 1.82) is 0 Å². The molecule has 1 fully saturated rings. The summed E-state index contributed by atoms with van der Waals surface area (Å²) < 4.78 is 0. The van der Waals surface area contributed by atoms with E-state index >= 15 is 0 Å². The number of benzene rings is 2. The van der Waals surface area contributed by atoms with Crippen LogP contribution >= 0.6 is 23.2 Å². The van der Waals surface area contributed by atoms with Gasteiger partial charge in [0.1, 0.15) is 0 Å². The number of hydrazine groups is 1. The molecule has 2 aromatic carbocycles. The third-order valence-corrected chi connectivity index (χ3v) is 5.14. The molecule has 1 aliphatic rings. The molecular weight excluding hydrogens is 399 g/mol. The number of amides is 2. The molecule has 1 aromatic heterocycles. The molecular formula is C20H16Cl2N4O2. The van der Waals surface area contributed by atoms with Crippen LogP contribution in [0.3, 0.4) is 0 Å². The van der Waals surface area contributed by atoms with Crippen LogP contribution in [0.2, 0.25) is 10.0 Å². The summed E-state index contributed by atoms with van der Waals surface area (Å²) in [7, 11) is 0. The number of pyridine rings is 1. The van der Waals surface area contributed by atoms with Gasteiger partial charge >= 0.3 is 0 Å². The second-order valence-electron chi connectivity index (χ2n) is 6.55. The molecule has 1 atom stereocenters. The van der Waals surface area contributed by atoms with E-state index in [1.54, 1.807) is 42.6 Å². The van der Waals surface area contributed by atoms with Crippen molar-refractivity contribution >= 4 is 57.3 Å². The van der Waals surface area contributed by atoms with Gasteiger partial charge in [-0.3, -0.25) is 14.6 Å². The Morgan fingerprint density at radius 2 is 1.89 bits per heavy atom. The van der Waals surface area contributed by atoms with E-state index < -0.39 is 5.91 Å². The molecule has 1 aliphatic heterocycles. The number of fused-ring (bicyclic) bond motifs is 1. The number of halogens is 2. The van der Waals surface area contributed by atoms with Gasteiger partial charge in [0.05, 0.1) is 32.5 Å². The van der Waals surface area contributed by atoms with Crippen molar-refractivity contribution in [2.45, 2.75) is 19.4 Å². The lowest BCUT2D eigenvalue weighted by atomic mass is 10.1. The zero-order valence-corrected chi connectivity index (χ0v) is 16.4. The normalized spacial score (nSPS) is 16.6. The van der Waals surface area contributed by atoms with Crippen LogP contribution in [0, 0.1) is 0 Å². The third kappa shape index (κ3) is 3.30. The highest BCUT2D eigenvalue weighted by molar-refractivity contribution is 6.40. The van der Waals surface area contributed by atoms with Crippen molar-refractivity contribution in [3.8, 4) is 0 Å². The van der Waals surface area contributed by atoms with E-state index in [1.165, 1.54) is 5.01 Å². The zero-order chi connectivity index (χ0) is 19.8. The Labute approximate surface area is 171 Å². The van der Waals surface area contributed by atoms with E-state index in [-0.39, 0.29) is 27.6 Å². The van der Waals surface area contributed by atoms with Crippen molar-refractivity contribution in [2.24, 2.45) is 0 Å². The monoisotopic (exact) mass is 414 g/mol. The van der Waals surface area contributed by atoms with Gasteiger partial charge in [0.25, 0.3) is 5.91 Å². The molecule has 2 heterocycles. The number of para-hydroxylation sites is 1. The van der Waals surface area contributed by atoms with Gasteiger partial charge in [-0.1, -0.05) is 41.4 Å². The average molecular weight is 415 g/mol. The van der Waals surface area contributed by atoms with Crippen molar-refractivity contribution in [3.63, 3.8) is 0 Å². The van der Waals surface area contributed by atoms with Crippen LogP contribution in [0.5, 0.6) is 0 Å². The average Bonchev–Trinajstić information content (AvgIpc) is 2.99. The Morgan fingerprint density at radius 1 is 1.18 bits per heavy atom. The molecule has 0 radical (unpaired) electrons. The molecule has 3 aromatic rings. The van der Waals surface area contributed by atoms with Crippen LogP contribution in [0.1, 0.15) is 23.7 Å². The standard InChI is InChI=1S/C20H16Cl2N4O2/c1-11-10-17(27)26(25-11)16-8-9-23-19-12(16)4-2-7-15(19)24-20(28)18-13(21)5-3-6-14(18)22/h2-9,11,25H,10H2,1H3,(H,24,28). The summed E-state index contributed by atoms with van der Waals surface area (Å²) in [5.74, 6) is -0.448. The van der Waals surface area contributed by atoms with Crippen LogP contribution < -0.4 is 15.8 Å². The molecule has 8 heteroatoms. The number of anilines is 2. The van der Waals surface area contributed by atoms with E-state index in [0.29, 0.717) is 23.3 Å². The number of aromatic nitrogens is 1. The minimum Gasteiger partial charge on any atom is -0.320 e. The summed E-state index contributed by atoms with van der Waals surface area (Å²) in [6.45, 7) is 1.94. The molecule has 0 saturated carbocycles. The predicted molar refractivity (Wildman–Crippen MR) is 111 cm³/mol. The first-order valence-electron chi connectivity index (χ1n) is 8.68. The number of hydrogen-bond donors (Lipinski definition) is 2. The number of carbonyl (C=O) groups excluding carboxylic acids is 2. The van der Waals surface area contributed by atoms with Gasteiger partial charge < -0.3 is 5.32 Å². The van der Waals surface area contributed by atoms with Gasteiger partial charge in [0.2, 0.25) is 5.91 Å². The fourth-order valence-electron chi connectivity index (χ4n) is 3.25. The van der Waals surface area contributed by atoms with Gasteiger partial charge in [0.15, 0.2) is 0 Å².